The normalized spacial score (nSPS) is 10.4. The molecular formula is C20H20N2O5. The number of amides is 1. The van der Waals surface area contributed by atoms with Crippen LogP contribution in [0.2, 0.25) is 0 Å². The van der Waals surface area contributed by atoms with Gasteiger partial charge in [-0.1, -0.05) is 24.3 Å². The van der Waals surface area contributed by atoms with Crippen LogP contribution in [0.1, 0.15) is 11.1 Å². The summed E-state index contributed by atoms with van der Waals surface area (Å²) >= 11 is 0. The Bertz CT molecular complexity index is 815. The number of para-hydroxylation sites is 1. The lowest BCUT2D eigenvalue weighted by atomic mass is 10.1. The summed E-state index contributed by atoms with van der Waals surface area (Å²) in [6, 6.07) is 14.1. The van der Waals surface area contributed by atoms with Gasteiger partial charge >= 0.3 is 5.97 Å². The average Bonchev–Trinajstić information content (AvgIpc) is 2.67. The van der Waals surface area contributed by atoms with E-state index in [1.54, 1.807) is 36.4 Å². The van der Waals surface area contributed by atoms with Crippen LogP contribution in [0.4, 0.5) is 0 Å². The zero-order chi connectivity index (χ0) is 19.5. The highest BCUT2D eigenvalue weighted by Crippen LogP contribution is 2.18. The van der Waals surface area contributed by atoms with E-state index in [0.717, 1.165) is 11.1 Å². The summed E-state index contributed by atoms with van der Waals surface area (Å²) < 4.78 is 10.5. The second-order valence-electron chi connectivity index (χ2n) is 5.43. The van der Waals surface area contributed by atoms with Gasteiger partial charge in [-0.25, -0.2) is 10.2 Å². The Morgan fingerprint density at radius 2 is 1.81 bits per heavy atom. The van der Waals surface area contributed by atoms with E-state index in [0.29, 0.717) is 17.9 Å². The van der Waals surface area contributed by atoms with Crippen molar-refractivity contribution in [3.8, 4) is 11.5 Å². The topological polar surface area (TPSA) is 97.2 Å². The van der Waals surface area contributed by atoms with Crippen LogP contribution < -0.4 is 14.9 Å². The zero-order valence-corrected chi connectivity index (χ0v) is 14.6. The number of hydrazone groups is 1. The third kappa shape index (κ3) is 7.03. The van der Waals surface area contributed by atoms with Gasteiger partial charge in [0.2, 0.25) is 0 Å². The molecule has 27 heavy (non-hydrogen) atoms. The maximum absolute atomic E-state index is 11.8. The van der Waals surface area contributed by atoms with Crippen molar-refractivity contribution in [3.05, 3.63) is 72.3 Å². The minimum Gasteiger partial charge on any atom is -0.483 e. The van der Waals surface area contributed by atoms with Crippen molar-refractivity contribution < 1.29 is 24.2 Å². The molecule has 1 amide bonds. The highest BCUT2D eigenvalue weighted by Gasteiger charge is 2.05. The molecule has 0 spiro atoms. The molecule has 0 heterocycles. The standard InChI is InChI=1S/C20H20N2O5/c1-2-5-16-6-3-4-7-18(16)27-13-19(23)22-21-12-15-8-10-17(11-9-15)26-14-20(24)25/h2-4,6-12H,1,5,13-14H2,(H,22,23)(H,24,25)/b21-12+. The molecule has 2 rings (SSSR count). The first kappa shape index (κ1) is 19.7. The van der Waals surface area contributed by atoms with E-state index < -0.39 is 12.6 Å². The second-order valence-corrected chi connectivity index (χ2v) is 5.43. The number of carbonyl (C=O) groups excluding carboxylic acids is 1. The van der Waals surface area contributed by atoms with Gasteiger partial charge in [0.05, 0.1) is 6.21 Å². The molecule has 0 fully saturated rings. The molecule has 0 aliphatic heterocycles. The fourth-order valence-electron chi connectivity index (χ4n) is 2.12. The van der Waals surface area contributed by atoms with Gasteiger partial charge in [-0.3, -0.25) is 4.79 Å². The summed E-state index contributed by atoms with van der Waals surface area (Å²) in [5.41, 5.74) is 4.05. The van der Waals surface area contributed by atoms with E-state index in [2.05, 4.69) is 17.1 Å². The Labute approximate surface area is 156 Å². The molecule has 0 bridgehead atoms. The number of nitrogens with one attached hydrogen (secondary N) is 1. The number of rotatable bonds is 10. The lowest BCUT2D eigenvalue weighted by Gasteiger charge is -2.09. The van der Waals surface area contributed by atoms with E-state index in [1.807, 2.05) is 18.2 Å². The smallest absolute Gasteiger partial charge is 0.341 e. The van der Waals surface area contributed by atoms with Gasteiger partial charge in [-0.05, 0) is 47.9 Å². The third-order valence-corrected chi connectivity index (χ3v) is 3.34. The Balaban J connectivity index is 1.79. The molecule has 0 aromatic heterocycles. The molecule has 7 nitrogen and oxygen atoms in total. The number of allylic oxidation sites excluding steroid dienone is 1. The van der Waals surface area contributed by atoms with Gasteiger partial charge in [0, 0.05) is 0 Å². The largest absolute Gasteiger partial charge is 0.483 e. The predicted octanol–water partition coefficient (Wildman–Crippen LogP) is 2.41. The minimum atomic E-state index is -1.04. The number of benzene rings is 2. The maximum atomic E-state index is 11.8. The Kier molecular flexibility index (Phi) is 7.59. The van der Waals surface area contributed by atoms with E-state index in [4.69, 9.17) is 14.6 Å². The van der Waals surface area contributed by atoms with E-state index in [-0.39, 0.29) is 12.5 Å². The van der Waals surface area contributed by atoms with Gasteiger partial charge < -0.3 is 14.6 Å². The Morgan fingerprint density at radius 1 is 1.07 bits per heavy atom. The van der Waals surface area contributed by atoms with Gasteiger partial charge in [0.25, 0.3) is 5.91 Å². The molecule has 2 aromatic carbocycles. The van der Waals surface area contributed by atoms with E-state index in [1.165, 1.54) is 6.21 Å². The molecule has 140 valence electrons. The molecular weight excluding hydrogens is 348 g/mol. The van der Waals surface area contributed by atoms with Crippen LogP contribution in [0.25, 0.3) is 0 Å². The first-order valence-corrected chi connectivity index (χ1v) is 8.16. The molecule has 0 saturated carbocycles. The van der Waals surface area contributed by atoms with Gasteiger partial charge in [0.1, 0.15) is 11.5 Å². The van der Waals surface area contributed by atoms with Crippen molar-refractivity contribution in [2.75, 3.05) is 13.2 Å². The van der Waals surface area contributed by atoms with E-state index >= 15 is 0 Å². The van der Waals surface area contributed by atoms with Gasteiger partial charge in [0.15, 0.2) is 13.2 Å². The van der Waals surface area contributed by atoms with Crippen LogP contribution in [0, 0.1) is 0 Å². The van der Waals surface area contributed by atoms with Crippen molar-refractivity contribution in [2.24, 2.45) is 5.10 Å². The molecule has 7 heteroatoms. The number of hydrogen-bond donors (Lipinski definition) is 2. The Hall–Kier alpha value is -3.61. The predicted molar refractivity (Wildman–Crippen MR) is 101 cm³/mol. The summed E-state index contributed by atoms with van der Waals surface area (Å²) in [6.07, 6.45) is 3.89. The summed E-state index contributed by atoms with van der Waals surface area (Å²) in [6.45, 7) is 3.13. The number of nitrogens with zero attached hydrogens (tertiary/aromatic N) is 1. The number of carboxylic acids is 1. The number of carbonyl (C=O) groups is 2. The highest BCUT2D eigenvalue weighted by atomic mass is 16.5. The monoisotopic (exact) mass is 368 g/mol. The summed E-state index contributed by atoms with van der Waals surface area (Å²) in [4.78, 5) is 22.3. The lowest BCUT2D eigenvalue weighted by Crippen LogP contribution is -2.24. The fraction of sp³-hybridized carbons (Fsp3) is 0.150. The molecule has 0 atom stereocenters. The third-order valence-electron chi connectivity index (χ3n) is 3.34. The molecule has 0 aliphatic rings. The molecule has 2 N–H and O–H groups in total. The molecule has 0 radical (unpaired) electrons. The molecule has 0 unspecified atom stereocenters. The van der Waals surface area contributed by atoms with Crippen molar-refractivity contribution in [2.45, 2.75) is 6.42 Å². The zero-order valence-electron chi connectivity index (χ0n) is 14.6. The minimum absolute atomic E-state index is 0.159. The lowest BCUT2D eigenvalue weighted by molar-refractivity contribution is -0.139. The first-order chi connectivity index (χ1) is 13.1. The quantitative estimate of drug-likeness (QED) is 0.381. The summed E-state index contributed by atoms with van der Waals surface area (Å²) in [7, 11) is 0. The number of aliphatic carboxylic acids is 1. The maximum Gasteiger partial charge on any atom is 0.341 e. The van der Waals surface area contributed by atoms with Crippen LogP contribution in [-0.4, -0.2) is 36.4 Å². The summed E-state index contributed by atoms with van der Waals surface area (Å²) in [5, 5.41) is 12.4. The Morgan fingerprint density at radius 3 is 2.52 bits per heavy atom. The van der Waals surface area contributed by atoms with Gasteiger partial charge in [-0.15, -0.1) is 6.58 Å². The van der Waals surface area contributed by atoms with Gasteiger partial charge in [-0.2, -0.15) is 5.10 Å². The molecule has 0 saturated heterocycles. The second kappa shape index (κ2) is 10.4. The van der Waals surface area contributed by atoms with Crippen LogP contribution >= 0.6 is 0 Å². The van der Waals surface area contributed by atoms with Crippen molar-refractivity contribution in [3.63, 3.8) is 0 Å². The number of carboxylic acid groups (broad SMARTS) is 1. The van der Waals surface area contributed by atoms with Crippen LogP contribution in [-0.2, 0) is 16.0 Å². The summed E-state index contributed by atoms with van der Waals surface area (Å²) in [5.74, 6) is -0.364. The molecule has 2 aromatic rings. The van der Waals surface area contributed by atoms with Crippen molar-refractivity contribution in [1.82, 2.24) is 5.43 Å². The first-order valence-electron chi connectivity index (χ1n) is 8.16. The van der Waals surface area contributed by atoms with Crippen molar-refractivity contribution in [1.29, 1.82) is 0 Å². The SMILES string of the molecule is C=CCc1ccccc1OCC(=O)N/N=C/c1ccc(OCC(=O)O)cc1. The molecule has 0 aliphatic carbocycles. The van der Waals surface area contributed by atoms with Crippen LogP contribution in [0.3, 0.4) is 0 Å². The van der Waals surface area contributed by atoms with Crippen LogP contribution in [0.15, 0.2) is 66.3 Å². The number of ether oxygens (including phenoxy) is 2. The average molecular weight is 368 g/mol. The highest BCUT2D eigenvalue weighted by molar-refractivity contribution is 5.83. The van der Waals surface area contributed by atoms with Crippen LogP contribution in [0.5, 0.6) is 11.5 Å². The fourth-order valence-corrected chi connectivity index (χ4v) is 2.12. The number of hydrogen-bond acceptors (Lipinski definition) is 5. The van der Waals surface area contributed by atoms with E-state index in [9.17, 15) is 9.59 Å². The van der Waals surface area contributed by atoms with Crippen molar-refractivity contribution >= 4 is 18.1 Å².